The van der Waals surface area contributed by atoms with Crippen LogP contribution in [0.25, 0.3) is 22.3 Å². The van der Waals surface area contributed by atoms with Crippen molar-refractivity contribution < 1.29 is 107 Å². The van der Waals surface area contributed by atoms with E-state index in [0.29, 0.717) is 0 Å². The van der Waals surface area contributed by atoms with Gasteiger partial charge in [0.15, 0.2) is 46.4 Å². The van der Waals surface area contributed by atoms with E-state index >= 15 is 0 Å². The Hall–Kier alpha value is -5.92. The minimum Gasteiger partial charge on any atom is -0.420 e. The zero-order valence-corrected chi connectivity index (χ0v) is 42.9. The average molecular weight is 1170 g/mol. The van der Waals surface area contributed by atoms with Crippen LogP contribution >= 0.6 is 15.6 Å². The van der Waals surface area contributed by atoms with E-state index in [4.69, 9.17) is 62.7 Å². The number of nitrogen functional groups attached to an aromatic ring is 2. The third-order valence-corrected chi connectivity index (χ3v) is 13.8. The van der Waals surface area contributed by atoms with Gasteiger partial charge in [0.1, 0.15) is 36.6 Å². The molecule has 38 heteroatoms. The van der Waals surface area contributed by atoms with Gasteiger partial charge < -0.3 is 69.6 Å². The highest BCUT2D eigenvalue weighted by Crippen LogP contribution is 2.54. The number of aromatic amines is 2. The minimum absolute atomic E-state index is 0.0202. The first kappa shape index (κ1) is 59.2. The molecule has 3 fully saturated rings. The molecule has 8 rings (SSSR count). The number of amides is 1. The number of fused-ring (bicyclic) bond motifs is 4. The maximum atomic E-state index is 13.9. The van der Waals surface area contributed by atoms with Crippen LogP contribution in [-0.2, 0) is 70.0 Å². The molecule has 4 unspecified atom stereocenters. The summed E-state index contributed by atoms with van der Waals surface area (Å²) in [5.41, 5.74) is 8.34. The second-order valence-electron chi connectivity index (χ2n) is 17.2. The molecule has 3 aliphatic heterocycles. The summed E-state index contributed by atoms with van der Waals surface area (Å²) in [7, 11) is -10.6. The average Bonchev–Trinajstić information content (AvgIpc) is 4.26. The Balaban J connectivity index is 0.791. The number of carbonyl (C=O) groups excluding carboxylic acids is 2. The minimum atomic E-state index is -5.30. The number of nitrogens with zero attached hydrogens (tertiary/aromatic N) is 6. The van der Waals surface area contributed by atoms with Crippen LogP contribution in [0, 0.1) is 30.2 Å². The largest absolute Gasteiger partial charge is 0.472 e. The first-order valence-electron chi connectivity index (χ1n) is 23.6. The van der Waals surface area contributed by atoms with Crippen LogP contribution in [0.1, 0.15) is 30.9 Å². The molecule has 7 heterocycles. The zero-order chi connectivity index (χ0) is 56.8. The Labute approximate surface area is 440 Å². The lowest BCUT2D eigenvalue weighted by Crippen LogP contribution is -2.48. The molecule has 10 atom stereocenters. The predicted octanol–water partition coefficient (Wildman–Crippen LogP) is -0.591. The number of ether oxygens (including phenoxy) is 8. The summed E-state index contributed by atoms with van der Waals surface area (Å²) >= 11 is 0. The number of aliphatic hydroxyl groups is 1. The van der Waals surface area contributed by atoms with Gasteiger partial charge in [-0.2, -0.15) is 18.7 Å². The number of carbonyl (C=O) groups is 2. The van der Waals surface area contributed by atoms with Gasteiger partial charge in [-0.3, -0.25) is 56.4 Å². The number of imidazole rings is 2. The summed E-state index contributed by atoms with van der Waals surface area (Å²) in [5.74, 6) is -11.1. The number of aliphatic hydroxyl groups excluding tert-OH is 1. The summed E-state index contributed by atoms with van der Waals surface area (Å²) in [6, 6.07) is -1.52. The summed E-state index contributed by atoms with van der Waals surface area (Å²) in [4.78, 5) is 93.4. The third kappa shape index (κ3) is 14.2. The first-order chi connectivity index (χ1) is 37.6. The van der Waals surface area contributed by atoms with E-state index in [9.17, 15) is 60.8 Å². The molecule has 79 heavy (non-hydrogen) atoms. The van der Waals surface area contributed by atoms with Crippen LogP contribution in [0.2, 0.25) is 0 Å². The third-order valence-electron chi connectivity index (χ3n) is 11.8. The number of aromatic nitrogens is 8. The van der Waals surface area contributed by atoms with Gasteiger partial charge in [0.05, 0.1) is 98.4 Å². The van der Waals surface area contributed by atoms with Crippen LogP contribution in [0.15, 0.2) is 22.2 Å². The van der Waals surface area contributed by atoms with Crippen molar-refractivity contribution in [3.05, 3.63) is 62.2 Å². The molecular weight excluding hydrogens is 1120 g/mol. The molecule has 3 saturated heterocycles. The number of benzene rings is 1. The maximum absolute atomic E-state index is 13.9. The van der Waals surface area contributed by atoms with Crippen molar-refractivity contribution in [3.63, 3.8) is 0 Å². The quantitative estimate of drug-likeness (QED) is 0.0107. The van der Waals surface area contributed by atoms with Crippen LogP contribution in [0.4, 0.5) is 29.5 Å². The van der Waals surface area contributed by atoms with E-state index in [0.717, 1.165) is 28.7 Å². The van der Waals surface area contributed by atoms with Gasteiger partial charge in [-0.25, -0.2) is 27.9 Å². The number of esters is 1. The SMILES string of the molecule is Cc1c(F)c(F)c(OC(=O)CCOCCOCCOCCOCCOCCC(=O)NC2[C@H]3OP(=O)(O)OC[C@H]4O[C@@H](n5cnc6c(=O)[nH]c(N)nc65)[C@@H](O)C4OP(=O)(O)OC[C@H]3O[C@H]2n2cnc3c(=O)[nH]c(N)nc32)c(F)c1F. The lowest BCUT2D eigenvalue weighted by atomic mass is 10.1. The van der Waals surface area contributed by atoms with Gasteiger partial charge in [0.25, 0.3) is 11.1 Å². The number of phosphoric ester groups is 2. The van der Waals surface area contributed by atoms with Crippen LogP contribution in [-0.4, -0.2) is 182 Å². The smallest absolute Gasteiger partial charge is 0.420 e. The Morgan fingerprint density at radius 3 is 1.63 bits per heavy atom. The Morgan fingerprint density at radius 1 is 0.696 bits per heavy atom. The Bertz CT molecular complexity index is 3200. The van der Waals surface area contributed by atoms with E-state index in [-0.39, 0.29) is 107 Å². The second-order valence-corrected chi connectivity index (χ2v) is 20.0. The number of nitrogens with one attached hydrogen (secondary N) is 3. The van der Waals surface area contributed by atoms with E-state index < -0.39 is 142 Å². The summed E-state index contributed by atoms with van der Waals surface area (Å²) < 4.78 is 150. The van der Waals surface area contributed by atoms with Crippen molar-refractivity contribution in [2.45, 2.75) is 68.8 Å². The fraction of sp³-hybridized carbons (Fsp3) is 0.561. The number of hydrogen-bond donors (Lipinski definition) is 8. The standard InChI is InChI=1S/C41H51F4N11O21P2/c1-18-23(42)25(44)33(26(45)24(18)43)75-22(58)3-5-67-7-9-69-11-13-70-12-10-68-8-6-66-4-2-21(57)50-27-31-19(73-38(27)55-16-48-28-34(55)51-40(46)53-36(28)60)14-71-79(64,65)77-32-20(15-72-78(62,63)76-31)74-39(30(32)59)56-17-49-29-35(56)52-41(47)54-37(29)61/h16-17,19-20,27,30-32,38-39,59H,2-15H2,1H3,(H,50,57)(H,62,63)(H,64,65)(H3,46,51,53,60)(H3,47,52,54,61)/t19-,20-,27?,30+,31+,32?,38-,39-/m1/s1. The van der Waals surface area contributed by atoms with Crippen LogP contribution in [0.3, 0.4) is 0 Å². The molecule has 434 valence electrons. The molecule has 1 aromatic carbocycles. The van der Waals surface area contributed by atoms with Crippen molar-refractivity contribution in [2.24, 2.45) is 0 Å². The van der Waals surface area contributed by atoms with Gasteiger partial charge >= 0.3 is 21.6 Å². The molecule has 0 radical (unpaired) electrons. The molecular formula is C41H51F4N11O21P2. The lowest BCUT2D eigenvalue weighted by Gasteiger charge is -2.29. The molecule has 0 saturated carbocycles. The molecule has 3 aliphatic rings. The summed E-state index contributed by atoms with van der Waals surface area (Å²) in [5, 5.41) is 14.0. The summed E-state index contributed by atoms with van der Waals surface area (Å²) in [6.07, 6.45) is -10.4. The van der Waals surface area contributed by atoms with Crippen LogP contribution in [0.5, 0.6) is 5.75 Å². The van der Waals surface area contributed by atoms with E-state index in [2.05, 4.69) is 40.0 Å². The van der Waals surface area contributed by atoms with E-state index in [1.807, 2.05) is 0 Å². The molecule has 5 aromatic rings. The number of H-pyrrole nitrogens is 2. The first-order valence-corrected chi connectivity index (χ1v) is 26.6. The van der Waals surface area contributed by atoms with Gasteiger partial charge in [-0.05, 0) is 6.92 Å². The zero-order valence-electron chi connectivity index (χ0n) is 41.1. The van der Waals surface area contributed by atoms with Crippen molar-refractivity contribution in [1.82, 2.24) is 44.4 Å². The topological polar surface area (TPSA) is 431 Å². The van der Waals surface area contributed by atoms with Gasteiger partial charge in [0, 0.05) is 12.0 Å². The van der Waals surface area contributed by atoms with Crippen molar-refractivity contribution in [3.8, 4) is 5.75 Å². The maximum Gasteiger partial charge on any atom is 0.472 e. The van der Waals surface area contributed by atoms with Crippen LogP contribution < -0.4 is 32.6 Å². The highest BCUT2D eigenvalue weighted by molar-refractivity contribution is 7.47. The van der Waals surface area contributed by atoms with Gasteiger partial charge in [-0.15, -0.1) is 0 Å². The number of rotatable bonds is 22. The van der Waals surface area contributed by atoms with E-state index in [1.165, 1.54) is 0 Å². The molecule has 0 spiro atoms. The fourth-order valence-corrected chi connectivity index (χ4v) is 10.0. The molecule has 32 nitrogen and oxygen atoms in total. The Morgan fingerprint density at radius 2 is 1.13 bits per heavy atom. The van der Waals surface area contributed by atoms with Gasteiger partial charge in [-0.1, -0.05) is 0 Å². The second kappa shape index (κ2) is 25.7. The number of hydrogen-bond acceptors (Lipinski definition) is 25. The van der Waals surface area contributed by atoms with E-state index in [1.54, 1.807) is 0 Å². The predicted molar refractivity (Wildman–Crippen MR) is 252 cm³/mol. The number of halogens is 4. The van der Waals surface area contributed by atoms with Crippen molar-refractivity contribution in [2.75, 3.05) is 90.7 Å². The monoisotopic (exact) mass is 1170 g/mol. The fourth-order valence-electron chi connectivity index (χ4n) is 8.11. The van der Waals surface area contributed by atoms with Gasteiger partial charge in [0.2, 0.25) is 35.2 Å². The number of phosphoric acid groups is 2. The molecule has 4 aromatic heterocycles. The molecule has 10 N–H and O–H groups in total. The number of nitrogens with two attached hydrogens (primary N) is 2. The Kier molecular flexibility index (Phi) is 19.2. The molecule has 0 bridgehead atoms. The molecule has 1 amide bonds. The summed E-state index contributed by atoms with van der Waals surface area (Å²) in [6.45, 7) is -0.650. The highest BCUT2D eigenvalue weighted by atomic mass is 31.2. The normalized spacial score (nSPS) is 26.4. The lowest BCUT2D eigenvalue weighted by molar-refractivity contribution is -0.136. The highest BCUT2D eigenvalue weighted by Gasteiger charge is 2.55. The van der Waals surface area contributed by atoms with Crippen molar-refractivity contribution >= 4 is 61.7 Å². The number of anilines is 2. The van der Waals surface area contributed by atoms with Crippen molar-refractivity contribution in [1.29, 1.82) is 0 Å². The molecule has 0 aliphatic carbocycles.